The Bertz CT molecular complexity index is 137. The van der Waals surface area contributed by atoms with Crippen molar-refractivity contribution in [2.24, 2.45) is 5.92 Å². The summed E-state index contributed by atoms with van der Waals surface area (Å²) in [7, 11) is 0. The van der Waals surface area contributed by atoms with Crippen molar-refractivity contribution >= 4 is 0 Å². The number of unbranched alkanes of at least 4 members (excludes halogenated alkanes) is 3. The Morgan fingerprint density at radius 3 is 2.29 bits per heavy atom. The molecule has 0 saturated carbocycles. The molecule has 0 aromatic carbocycles. The predicted octanol–water partition coefficient (Wildman–Crippen LogP) is 2.30. The van der Waals surface area contributed by atoms with Crippen LogP contribution in [-0.4, -0.2) is 18.3 Å². The zero-order chi connectivity index (χ0) is 10.1. The van der Waals surface area contributed by atoms with E-state index in [1.54, 1.807) is 0 Å². The van der Waals surface area contributed by atoms with Gasteiger partial charge in [-0.15, -0.1) is 0 Å². The quantitative estimate of drug-likeness (QED) is 0.666. The van der Waals surface area contributed by atoms with Crippen LogP contribution in [0.5, 0.6) is 0 Å². The van der Waals surface area contributed by atoms with Crippen LogP contribution in [-0.2, 0) is 32.7 Å². The van der Waals surface area contributed by atoms with E-state index in [-0.39, 0.29) is 32.7 Å². The van der Waals surface area contributed by atoms with Gasteiger partial charge in [-0.2, -0.15) is 0 Å². The molecule has 0 heterocycles. The summed E-state index contributed by atoms with van der Waals surface area (Å²) < 4.78 is 0. The number of aliphatic hydroxyl groups is 1. The molecule has 0 unspecified atom stereocenters. The van der Waals surface area contributed by atoms with Crippen LogP contribution in [0.25, 0.3) is 0 Å². The summed E-state index contributed by atoms with van der Waals surface area (Å²) in [5.41, 5.74) is 1.13. The number of hydrogen-bond donors (Lipinski definition) is 2. The van der Waals surface area contributed by atoms with Crippen molar-refractivity contribution in [2.75, 3.05) is 13.2 Å². The second kappa shape index (κ2) is 11.7. The number of allylic oxidation sites excluding steroid dienone is 1. The molecule has 14 heavy (non-hydrogen) atoms. The van der Waals surface area contributed by atoms with E-state index in [4.69, 9.17) is 5.11 Å². The van der Waals surface area contributed by atoms with Crippen molar-refractivity contribution in [1.29, 1.82) is 0 Å². The van der Waals surface area contributed by atoms with Gasteiger partial charge in [0.05, 0.1) is 0 Å². The van der Waals surface area contributed by atoms with Crippen molar-refractivity contribution in [3.8, 4) is 0 Å². The Balaban J connectivity index is 0. The molecule has 0 fully saturated rings. The molecule has 81 valence electrons. The van der Waals surface area contributed by atoms with E-state index < -0.39 is 0 Å². The van der Waals surface area contributed by atoms with Gasteiger partial charge in [-0.05, 0) is 18.8 Å². The molecular formula is C11H23NOY. The molecule has 0 aromatic heterocycles. The molecule has 0 aliphatic rings. The van der Waals surface area contributed by atoms with Gasteiger partial charge in [-0.3, -0.25) is 0 Å². The zero-order valence-corrected chi connectivity index (χ0v) is 12.4. The number of aliphatic hydroxyl groups excluding tert-OH is 1. The summed E-state index contributed by atoms with van der Waals surface area (Å²) >= 11 is 0. The Hall–Kier alpha value is 0.604. The van der Waals surface area contributed by atoms with Gasteiger partial charge < -0.3 is 10.4 Å². The van der Waals surface area contributed by atoms with Gasteiger partial charge >= 0.3 is 0 Å². The fourth-order valence-corrected chi connectivity index (χ4v) is 1.04. The van der Waals surface area contributed by atoms with Crippen LogP contribution >= 0.6 is 0 Å². The average molecular weight is 274 g/mol. The van der Waals surface area contributed by atoms with Gasteiger partial charge in [0.1, 0.15) is 0 Å². The number of rotatable bonds is 8. The Kier molecular flexibility index (Phi) is 14.2. The van der Waals surface area contributed by atoms with E-state index in [2.05, 4.69) is 25.7 Å². The van der Waals surface area contributed by atoms with E-state index in [0.29, 0.717) is 12.5 Å². The van der Waals surface area contributed by atoms with Gasteiger partial charge in [-0.25, -0.2) is 0 Å². The molecule has 2 nitrogen and oxygen atoms in total. The molecule has 2 N–H and O–H groups in total. The summed E-state index contributed by atoms with van der Waals surface area (Å²) in [6.07, 6.45) is 4.43. The van der Waals surface area contributed by atoms with Crippen molar-refractivity contribution in [3.63, 3.8) is 0 Å². The molecular weight excluding hydrogens is 251 g/mol. The first kappa shape index (κ1) is 17.0. The Morgan fingerprint density at radius 2 is 1.79 bits per heavy atom. The van der Waals surface area contributed by atoms with Crippen molar-refractivity contribution < 1.29 is 37.8 Å². The third-order valence-corrected chi connectivity index (χ3v) is 2.13. The van der Waals surface area contributed by atoms with E-state index in [9.17, 15) is 0 Å². The fraction of sp³-hybridized carbons (Fsp3) is 0.818. The van der Waals surface area contributed by atoms with E-state index in [0.717, 1.165) is 25.1 Å². The molecule has 0 atom stereocenters. The standard InChI is InChI=1S/C11H23NO.Y/c1-10(2)11(3)12-8-6-4-5-7-9-13;/h10,12-13H,3-9H2,1-2H3;. The van der Waals surface area contributed by atoms with Crippen LogP contribution < -0.4 is 5.32 Å². The molecule has 0 saturated heterocycles. The van der Waals surface area contributed by atoms with Crippen LogP contribution in [0, 0.1) is 5.92 Å². The maximum absolute atomic E-state index is 8.55. The SMILES string of the molecule is C=C(NCCCCCCO)C(C)C.[Y]. The summed E-state index contributed by atoms with van der Waals surface area (Å²) in [5.74, 6) is 0.525. The fourth-order valence-electron chi connectivity index (χ4n) is 1.04. The maximum atomic E-state index is 8.55. The van der Waals surface area contributed by atoms with Gasteiger partial charge in [-0.1, -0.05) is 33.3 Å². The van der Waals surface area contributed by atoms with Crippen LogP contribution in [0.3, 0.4) is 0 Å². The van der Waals surface area contributed by atoms with Gasteiger partial charge in [0.15, 0.2) is 0 Å². The van der Waals surface area contributed by atoms with E-state index in [1.807, 2.05) is 0 Å². The Morgan fingerprint density at radius 1 is 1.21 bits per heavy atom. The minimum absolute atomic E-state index is 0. The Labute approximate surface area is 113 Å². The molecule has 0 aromatic rings. The molecule has 0 aliphatic carbocycles. The largest absolute Gasteiger partial charge is 0.396 e. The average Bonchev–Trinajstić information content (AvgIpc) is 2.10. The van der Waals surface area contributed by atoms with Crippen LogP contribution in [0.4, 0.5) is 0 Å². The van der Waals surface area contributed by atoms with Crippen molar-refractivity contribution in [3.05, 3.63) is 12.3 Å². The molecule has 3 heteroatoms. The monoisotopic (exact) mass is 274 g/mol. The molecule has 1 radical (unpaired) electrons. The van der Waals surface area contributed by atoms with E-state index in [1.165, 1.54) is 12.8 Å². The first-order chi connectivity index (χ1) is 6.18. The number of hydrogen-bond acceptors (Lipinski definition) is 2. The van der Waals surface area contributed by atoms with E-state index >= 15 is 0 Å². The summed E-state index contributed by atoms with van der Waals surface area (Å²) in [6, 6.07) is 0. The molecule has 0 aliphatic heterocycles. The first-order valence-electron chi connectivity index (χ1n) is 5.22. The normalized spacial score (nSPS) is 9.71. The number of nitrogens with one attached hydrogen (secondary N) is 1. The second-order valence-electron chi connectivity index (χ2n) is 3.74. The van der Waals surface area contributed by atoms with Crippen LogP contribution in [0.2, 0.25) is 0 Å². The van der Waals surface area contributed by atoms with Gasteiger partial charge in [0.2, 0.25) is 0 Å². The summed E-state index contributed by atoms with van der Waals surface area (Å²) in [5, 5.41) is 11.9. The van der Waals surface area contributed by atoms with Gasteiger partial charge in [0.25, 0.3) is 0 Å². The topological polar surface area (TPSA) is 32.3 Å². The second-order valence-corrected chi connectivity index (χ2v) is 3.74. The maximum Gasteiger partial charge on any atom is 0.0431 e. The van der Waals surface area contributed by atoms with Crippen LogP contribution in [0.1, 0.15) is 39.5 Å². The molecule has 0 bridgehead atoms. The summed E-state index contributed by atoms with van der Waals surface area (Å²) in [4.78, 5) is 0. The third-order valence-electron chi connectivity index (χ3n) is 2.13. The van der Waals surface area contributed by atoms with Crippen LogP contribution in [0.15, 0.2) is 12.3 Å². The summed E-state index contributed by atoms with van der Waals surface area (Å²) in [6.45, 7) is 9.56. The predicted molar refractivity (Wildman–Crippen MR) is 57.5 cm³/mol. The van der Waals surface area contributed by atoms with Gasteiger partial charge in [0, 0.05) is 51.6 Å². The first-order valence-corrected chi connectivity index (χ1v) is 5.22. The molecule has 0 rings (SSSR count). The molecule has 0 spiro atoms. The minimum atomic E-state index is 0. The van der Waals surface area contributed by atoms with Crippen molar-refractivity contribution in [1.82, 2.24) is 5.32 Å². The molecule has 0 amide bonds. The third kappa shape index (κ3) is 10.7. The smallest absolute Gasteiger partial charge is 0.0431 e. The zero-order valence-electron chi connectivity index (χ0n) is 9.55. The van der Waals surface area contributed by atoms with Crippen molar-refractivity contribution in [2.45, 2.75) is 39.5 Å². The minimum Gasteiger partial charge on any atom is -0.396 e.